The maximum absolute atomic E-state index is 13.1. The highest BCUT2D eigenvalue weighted by atomic mass is 16.6. The largest absolute Gasteiger partial charge is 0.378 e. The first-order valence-electron chi connectivity index (χ1n) is 10.6. The molecular formula is C26H31N3O3. The molecule has 0 saturated heterocycles. The van der Waals surface area contributed by atoms with Crippen LogP contribution >= 0.6 is 0 Å². The van der Waals surface area contributed by atoms with Crippen molar-refractivity contribution >= 4 is 29.6 Å². The zero-order valence-corrected chi connectivity index (χ0v) is 19.3. The Kier molecular flexibility index (Phi) is 7.28. The van der Waals surface area contributed by atoms with E-state index >= 15 is 0 Å². The van der Waals surface area contributed by atoms with E-state index in [2.05, 4.69) is 4.99 Å². The second kappa shape index (κ2) is 9.94. The van der Waals surface area contributed by atoms with Crippen molar-refractivity contribution in [3.8, 4) is 0 Å². The predicted molar refractivity (Wildman–Crippen MR) is 130 cm³/mol. The number of hydrogen-bond acceptors (Lipinski definition) is 5. The highest BCUT2D eigenvalue weighted by Crippen LogP contribution is 2.22. The summed E-state index contributed by atoms with van der Waals surface area (Å²) in [5.41, 5.74) is 2.76. The standard InChI is InChI=1S/C26H31N3O3/c1-26(2,3)32-24(30)18-29-23(16-13-19-11-14-21(15-12-19)28(4)5)27-22(25(29)31)17-20-9-7-6-8-10-20/h6-17,24,30H,18H2,1-5H3/b16-13+,22-17-. The van der Waals surface area contributed by atoms with Gasteiger partial charge in [0.05, 0.1) is 12.1 Å². The molecule has 0 saturated carbocycles. The maximum atomic E-state index is 13.1. The molecule has 6 heteroatoms. The highest BCUT2D eigenvalue weighted by Gasteiger charge is 2.31. The molecule has 0 aliphatic carbocycles. The van der Waals surface area contributed by atoms with E-state index in [4.69, 9.17) is 4.74 Å². The summed E-state index contributed by atoms with van der Waals surface area (Å²) in [5.74, 6) is 0.193. The molecule has 1 aliphatic heterocycles. The molecule has 0 fully saturated rings. The van der Waals surface area contributed by atoms with Crippen molar-refractivity contribution in [1.29, 1.82) is 0 Å². The predicted octanol–water partition coefficient (Wildman–Crippen LogP) is 4.18. The molecule has 6 nitrogen and oxygen atoms in total. The van der Waals surface area contributed by atoms with E-state index in [0.29, 0.717) is 11.5 Å². The number of nitrogens with zero attached hydrogens (tertiary/aromatic N) is 3. The van der Waals surface area contributed by atoms with Gasteiger partial charge in [-0.25, -0.2) is 4.99 Å². The Hall–Kier alpha value is -3.22. The second-order valence-corrected chi connectivity index (χ2v) is 8.83. The van der Waals surface area contributed by atoms with Crippen LogP contribution in [0.4, 0.5) is 5.69 Å². The van der Waals surface area contributed by atoms with Gasteiger partial charge in [-0.15, -0.1) is 0 Å². The van der Waals surface area contributed by atoms with Crippen LogP contribution in [0.1, 0.15) is 31.9 Å². The molecule has 1 heterocycles. The Morgan fingerprint density at radius 3 is 2.28 bits per heavy atom. The topological polar surface area (TPSA) is 65.4 Å². The lowest BCUT2D eigenvalue weighted by Gasteiger charge is -2.27. The number of rotatable bonds is 7. The average Bonchev–Trinajstić information content (AvgIpc) is 3.01. The van der Waals surface area contributed by atoms with Crippen molar-refractivity contribution in [3.05, 3.63) is 77.5 Å². The van der Waals surface area contributed by atoms with Crippen LogP contribution in [0.15, 0.2) is 71.4 Å². The molecule has 168 valence electrons. The number of benzene rings is 2. The van der Waals surface area contributed by atoms with Gasteiger partial charge in [0.15, 0.2) is 6.29 Å². The summed E-state index contributed by atoms with van der Waals surface area (Å²) in [6.07, 6.45) is 4.31. The highest BCUT2D eigenvalue weighted by molar-refractivity contribution is 6.18. The van der Waals surface area contributed by atoms with E-state index in [-0.39, 0.29) is 12.5 Å². The fraction of sp³-hybridized carbons (Fsp3) is 0.308. The first-order valence-corrected chi connectivity index (χ1v) is 10.6. The normalized spacial score (nSPS) is 16.7. The van der Waals surface area contributed by atoms with Gasteiger partial charge in [-0.05, 0) is 56.2 Å². The number of β-amino-alcohol motifs (C(OH)–C–C–N with tert-alkyl or cyclic N) is 1. The fourth-order valence-corrected chi connectivity index (χ4v) is 3.23. The number of carbonyl (C=O) groups is 1. The van der Waals surface area contributed by atoms with Crippen LogP contribution in [0.5, 0.6) is 0 Å². The van der Waals surface area contributed by atoms with Gasteiger partial charge in [-0.1, -0.05) is 48.5 Å². The second-order valence-electron chi connectivity index (χ2n) is 8.83. The van der Waals surface area contributed by atoms with Crippen molar-refractivity contribution in [3.63, 3.8) is 0 Å². The van der Waals surface area contributed by atoms with E-state index < -0.39 is 11.9 Å². The fourth-order valence-electron chi connectivity index (χ4n) is 3.23. The molecule has 1 N–H and O–H groups in total. The molecule has 1 unspecified atom stereocenters. The minimum Gasteiger partial charge on any atom is -0.378 e. The number of aliphatic hydroxyl groups excluding tert-OH is 1. The summed E-state index contributed by atoms with van der Waals surface area (Å²) in [6, 6.07) is 17.6. The van der Waals surface area contributed by atoms with Crippen molar-refractivity contribution in [1.82, 2.24) is 4.90 Å². The number of carbonyl (C=O) groups excluding carboxylic acids is 1. The molecule has 0 aromatic heterocycles. The van der Waals surface area contributed by atoms with Gasteiger partial charge in [-0.2, -0.15) is 0 Å². The van der Waals surface area contributed by atoms with E-state index in [0.717, 1.165) is 16.8 Å². The first kappa shape index (κ1) is 23.4. The maximum Gasteiger partial charge on any atom is 0.278 e. The summed E-state index contributed by atoms with van der Waals surface area (Å²) < 4.78 is 5.61. The molecule has 0 bridgehead atoms. The number of amidine groups is 1. The lowest BCUT2D eigenvalue weighted by molar-refractivity contribution is -0.171. The van der Waals surface area contributed by atoms with Crippen LogP contribution in [0.25, 0.3) is 12.2 Å². The number of ether oxygens (including phenoxy) is 1. The van der Waals surface area contributed by atoms with E-state index in [9.17, 15) is 9.90 Å². The summed E-state index contributed by atoms with van der Waals surface area (Å²) in [7, 11) is 3.99. The van der Waals surface area contributed by atoms with Crippen LogP contribution < -0.4 is 4.90 Å². The zero-order chi connectivity index (χ0) is 23.3. The molecule has 1 atom stereocenters. The lowest BCUT2D eigenvalue weighted by atomic mass is 10.2. The van der Waals surface area contributed by atoms with Crippen molar-refractivity contribution in [2.75, 3.05) is 25.5 Å². The van der Waals surface area contributed by atoms with Gasteiger partial charge in [-0.3, -0.25) is 9.69 Å². The molecule has 1 aliphatic rings. The number of hydrogen-bond donors (Lipinski definition) is 1. The van der Waals surface area contributed by atoms with E-state index in [1.165, 1.54) is 4.90 Å². The van der Waals surface area contributed by atoms with Crippen molar-refractivity contribution in [2.24, 2.45) is 4.99 Å². The molecule has 0 spiro atoms. The first-order chi connectivity index (χ1) is 15.1. The van der Waals surface area contributed by atoms with Crippen LogP contribution in [-0.4, -0.2) is 54.3 Å². The minimum atomic E-state index is -1.13. The minimum absolute atomic E-state index is 0.00895. The molecule has 32 heavy (non-hydrogen) atoms. The van der Waals surface area contributed by atoms with Crippen molar-refractivity contribution in [2.45, 2.75) is 32.7 Å². The smallest absolute Gasteiger partial charge is 0.278 e. The van der Waals surface area contributed by atoms with Crippen LogP contribution in [-0.2, 0) is 9.53 Å². The third-order valence-corrected chi connectivity index (χ3v) is 4.74. The van der Waals surface area contributed by atoms with Gasteiger partial charge in [0.25, 0.3) is 5.91 Å². The van der Waals surface area contributed by atoms with Crippen LogP contribution in [0.3, 0.4) is 0 Å². The third-order valence-electron chi connectivity index (χ3n) is 4.74. The van der Waals surface area contributed by atoms with Gasteiger partial charge in [0.1, 0.15) is 11.5 Å². The molecule has 2 aromatic carbocycles. The zero-order valence-electron chi connectivity index (χ0n) is 19.3. The Morgan fingerprint density at radius 1 is 1.03 bits per heavy atom. The number of aliphatic imine (C=N–C) groups is 1. The quantitative estimate of drug-likeness (QED) is 0.526. The van der Waals surface area contributed by atoms with E-state index in [1.807, 2.05) is 100 Å². The average molecular weight is 434 g/mol. The van der Waals surface area contributed by atoms with Gasteiger partial charge < -0.3 is 14.7 Å². The summed E-state index contributed by atoms with van der Waals surface area (Å²) in [6.45, 7) is 5.56. The van der Waals surface area contributed by atoms with Crippen molar-refractivity contribution < 1.29 is 14.6 Å². The molecular weight excluding hydrogens is 402 g/mol. The van der Waals surface area contributed by atoms with E-state index in [1.54, 1.807) is 12.2 Å². The Labute approximate surface area is 190 Å². The summed E-state index contributed by atoms with van der Waals surface area (Å²) in [4.78, 5) is 21.1. The summed E-state index contributed by atoms with van der Waals surface area (Å²) in [5, 5.41) is 10.4. The van der Waals surface area contributed by atoms with Crippen LogP contribution in [0.2, 0.25) is 0 Å². The van der Waals surface area contributed by atoms with Gasteiger partial charge in [0.2, 0.25) is 0 Å². The van der Waals surface area contributed by atoms with Gasteiger partial charge in [0, 0.05) is 19.8 Å². The van der Waals surface area contributed by atoms with Crippen LogP contribution in [0, 0.1) is 0 Å². The molecule has 0 radical (unpaired) electrons. The Bertz CT molecular complexity index is 1020. The number of amides is 1. The monoisotopic (exact) mass is 433 g/mol. The SMILES string of the molecule is CN(C)c1ccc(/C=C/C2=NC(=C\c3ccccc3)/C(=O)N2CC(O)OC(C)(C)C)cc1. The number of aliphatic hydroxyl groups is 1. The Balaban J connectivity index is 1.87. The Morgan fingerprint density at radius 2 is 1.69 bits per heavy atom. The summed E-state index contributed by atoms with van der Waals surface area (Å²) >= 11 is 0. The molecule has 3 rings (SSSR count). The molecule has 1 amide bonds. The number of anilines is 1. The lowest BCUT2D eigenvalue weighted by Crippen LogP contribution is -2.41. The molecule has 2 aromatic rings. The van der Waals surface area contributed by atoms with Gasteiger partial charge >= 0.3 is 0 Å². The third kappa shape index (κ3) is 6.39.